The van der Waals surface area contributed by atoms with Gasteiger partial charge in [-0.1, -0.05) is 36.4 Å². The third-order valence-electron chi connectivity index (χ3n) is 3.54. The molecule has 2 aromatic carbocycles. The van der Waals surface area contributed by atoms with Crippen molar-refractivity contribution in [3.63, 3.8) is 0 Å². The van der Waals surface area contributed by atoms with Crippen LogP contribution in [0, 0.1) is 5.82 Å². The third-order valence-corrected chi connectivity index (χ3v) is 3.54. The Balaban J connectivity index is 1.75. The predicted octanol–water partition coefficient (Wildman–Crippen LogP) is 3.14. The first-order valence-corrected chi connectivity index (χ1v) is 7.76. The largest absolute Gasteiger partial charge is 0.352 e. The van der Waals surface area contributed by atoms with Gasteiger partial charge in [0.2, 0.25) is 5.91 Å². The van der Waals surface area contributed by atoms with Crippen molar-refractivity contribution < 1.29 is 9.18 Å². The topological polar surface area (TPSA) is 32.3 Å². The van der Waals surface area contributed by atoms with Crippen LogP contribution >= 0.6 is 0 Å². The van der Waals surface area contributed by atoms with Crippen LogP contribution in [0.3, 0.4) is 0 Å². The number of amides is 1. The van der Waals surface area contributed by atoms with E-state index in [-0.39, 0.29) is 11.7 Å². The van der Waals surface area contributed by atoms with E-state index in [1.165, 1.54) is 17.7 Å². The van der Waals surface area contributed by atoms with Crippen LogP contribution in [0.5, 0.6) is 0 Å². The van der Waals surface area contributed by atoms with Crippen molar-refractivity contribution in [2.75, 3.05) is 14.1 Å². The van der Waals surface area contributed by atoms with Gasteiger partial charge in [0.1, 0.15) is 5.82 Å². The lowest BCUT2D eigenvalue weighted by molar-refractivity contribution is -0.121. The van der Waals surface area contributed by atoms with Crippen LogP contribution in [-0.2, 0) is 24.3 Å². The van der Waals surface area contributed by atoms with E-state index in [0.29, 0.717) is 19.4 Å². The summed E-state index contributed by atoms with van der Waals surface area (Å²) in [7, 11) is 4.07. The summed E-state index contributed by atoms with van der Waals surface area (Å²) >= 11 is 0. The van der Waals surface area contributed by atoms with E-state index >= 15 is 0 Å². The molecule has 4 heteroatoms. The molecule has 3 nitrogen and oxygen atoms in total. The van der Waals surface area contributed by atoms with Crippen LogP contribution < -0.4 is 5.32 Å². The summed E-state index contributed by atoms with van der Waals surface area (Å²) in [6, 6.07) is 14.6. The number of nitrogens with one attached hydrogen (secondary N) is 1. The van der Waals surface area contributed by atoms with E-state index in [1.54, 1.807) is 6.07 Å². The number of carbonyl (C=O) groups is 1. The number of nitrogens with zero attached hydrogens (tertiary/aromatic N) is 1. The number of hydrogen-bond acceptors (Lipinski definition) is 2. The lowest BCUT2D eigenvalue weighted by Gasteiger charge is -2.10. The van der Waals surface area contributed by atoms with Crippen LogP contribution in [0.2, 0.25) is 0 Å². The Labute approximate surface area is 137 Å². The fraction of sp³-hybridized carbons (Fsp3) is 0.316. The number of halogens is 1. The number of aryl methyl sites for hydroxylation is 1. The summed E-state index contributed by atoms with van der Waals surface area (Å²) in [5.41, 5.74) is 3.16. The fourth-order valence-corrected chi connectivity index (χ4v) is 2.37. The maximum Gasteiger partial charge on any atom is 0.220 e. The van der Waals surface area contributed by atoms with Crippen molar-refractivity contribution in [1.82, 2.24) is 10.2 Å². The molecular formula is C19H23FN2O. The summed E-state index contributed by atoms with van der Waals surface area (Å²) in [4.78, 5) is 14.0. The number of carbonyl (C=O) groups excluding carboxylic acids is 1. The minimum Gasteiger partial charge on any atom is -0.352 e. The van der Waals surface area contributed by atoms with Gasteiger partial charge in [-0.15, -0.1) is 0 Å². The predicted molar refractivity (Wildman–Crippen MR) is 90.4 cm³/mol. The van der Waals surface area contributed by atoms with Crippen LogP contribution in [0.15, 0.2) is 48.5 Å². The van der Waals surface area contributed by atoms with Gasteiger partial charge < -0.3 is 10.2 Å². The van der Waals surface area contributed by atoms with Gasteiger partial charge in [-0.05, 0) is 49.3 Å². The van der Waals surface area contributed by atoms with Crippen LogP contribution in [0.4, 0.5) is 4.39 Å². The zero-order valence-electron chi connectivity index (χ0n) is 13.7. The molecule has 0 aromatic heterocycles. The molecule has 122 valence electrons. The van der Waals surface area contributed by atoms with Crippen molar-refractivity contribution in [3.05, 3.63) is 71.0 Å². The molecule has 0 spiro atoms. The Morgan fingerprint density at radius 1 is 1.04 bits per heavy atom. The molecule has 0 unspecified atom stereocenters. The maximum atomic E-state index is 13.1. The lowest BCUT2D eigenvalue weighted by atomic mass is 10.1. The highest BCUT2D eigenvalue weighted by Crippen LogP contribution is 2.08. The molecule has 0 bridgehead atoms. The zero-order chi connectivity index (χ0) is 16.7. The van der Waals surface area contributed by atoms with Gasteiger partial charge in [0.25, 0.3) is 0 Å². The quantitative estimate of drug-likeness (QED) is 0.851. The van der Waals surface area contributed by atoms with Crippen LogP contribution in [0.1, 0.15) is 23.1 Å². The van der Waals surface area contributed by atoms with Crippen molar-refractivity contribution in [3.8, 4) is 0 Å². The van der Waals surface area contributed by atoms with Crippen molar-refractivity contribution in [2.24, 2.45) is 0 Å². The summed E-state index contributed by atoms with van der Waals surface area (Å²) in [5, 5.41) is 2.90. The highest BCUT2D eigenvalue weighted by molar-refractivity contribution is 5.76. The molecular weight excluding hydrogens is 291 g/mol. The van der Waals surface area contributed by atoms with Gasteiger partial charge in [0, 0.05) is 19.5 Å². The minimum absolute atomic E-state index is 0.0216. The third kappa shape index (κ3) is 6.20. The maximum absolute atomic E-state index is 13.1. The Morgan fingerprint density at radius 2 is 1.74 bits per heavy atom. The fourth-order valence-electron chi connectivity index (χ4n) is 2.37. The Kier molecular flexibility index (Phi) is 6.29. The number of benzene rings is 2. The summed E-state index contributed by atoms with van der Waals surface area (Å²) in [6.07, 6.45) is 0.910. The van der Waals surface area contributed by atoms with E-state index in [4.69, 9.17) is 0 Å². The van der Waals surface area contributed by atoms with Gasteiger partial charge in [0.05, 0.1) is 0 Å². The average molecular weight is 314 g/mol. The normalized spacial score (nSPS) is 10.8. The first kappa shape index (κ1) is 17.2. The summed E-state index contributed by atoms with van der Waals surface area (Å²) in [5.74, 6) is -0.285. The van der Waals surface area contributed by atoms with E-state index in [1.807, 2.05) is 32.3 Å². The van der Waals surface area contributed by atoms with Crippen LogP contribution in [-0.4, -0.2) is 24.9 Å². The Morgan fingerprint density at radius 3 is 2.39 bits per heavy atom. The molecule has 0 saturated carbocycles. The number of rotatable bonds is 7. The van der Waals surface area contributed by atoms with Crippen molar-refractivity contribution in [2.45, 2.75) is 25.9 Å². The van der Waals surface area contributed by atoms with Gasteiger partial charge in [-0.3, -0.25) is 4.79 Å². The molecule has 0 saturated heterocycles. The molecule has 0 aliphatic rings. The Bertz CT molecular complexity index is 638. The van der Waals surface area contributed by atoms with Crippen molar-refractivity contribution >= 4 is 5.91 Å². The van der Waals surface area contributed by atoms with Gasteiger partial charge in [0.15, 0.2) is 0 Å². The lowest BCUT2D eigenvalue weighted by Crippen LogP contribution is -2.23. The molecule has 0 aliphatic heterocycles. The second kappa shape index (κ2) is 8.44. The van der Waals surface area contributed by atoms with Crippen LogP contribution in [0.25, 0.3) is 0 Å². The second-order valence-electron chi connectivity index (χ2n) is 5.96. The molecule has 23 heavy (non-hydrogen) atoms. The van der Waals surface area contributed by atoms with Gasteiger partial charge in [-0.25, -0.2) is 4.39 Å². The van der Waals surface area contributed by atoms with Gasteiger partial charge in [-0.2, -0.15) is 0 Å². The van der Waals surface area contributed by atoms with E-state index in [2.05, 4.69) is 22.3 Å². The summed E-state index contributed by atoms with van der Waals surface area (Å²) in [6.45, 7) is 1.42. The monoisotopic (exact) mass is 314 g/mol. The molecule has 0 radical (unpaired) electrons. The highest BCUT2D eigenvalue weighted by atomic mass is 19.1. The van der Waals surface area contributed by atoms with E-state index < -0.39 is 0 Å². The zero-order valence-corrected chi connectivity index (χ0v) is 13.7. The second-order valence-corrected chi connectivity index (χ2v) is 5.96. The van der Waals surface area contributed by atoms with E-state index in [9.17, 15) is 9.18 Å². The number of hydrogen-bond donors (Lipinski definition) is 1. The molecule has 1 N–H and O–H groups in total. The molecule has 0 atom stereocenters. The summed E-state index contributed by atoms with van der Waals surface area (Å²) < 4.78 is 13.1. The van der Waals surface area contributed by atoms with E-state index in [0.717, 1.165) is 17.7 Å². The molecule has 2 aromatic rings. The standard InChI is InChI=1S/C19H23FN2O/c1-22(2)14-17-8-6-16(7-9-17)13-21-19(23)11-10-15-4-3-5-18(20)12-15/h3-9,12H,10-11,13-14H2,1-2H3,(H,21,23). The first-order valence-electron chi connectivity index (χ1n) is 7.76. The van der Waals surface area contributed by atoms with Gasteiger partial charge >= 0.3 is 0 Å². The minimum atomic E-state index is -0.263. The first-order chi connectivity index (χ1) is 11.0. The average Bonchev–Trinajstić information content (AvgIpc) is 2.52. The molecule has 0 aliphatic carbocycles. The molecule has 0 fully saturated rings. The highest BCUT2D eigenvalue weighted by Gasteiger charge is 2.04. The smallest absolute Gasteiger partial charge is 0.220 e. The SMILES string of the molecule is CN(C)Cc1ccc(CNC(=O)CCc2cccc(F)c2)cc1. The molecule has 1 amide bonds. The molecule has 0 heterocycles. The Hall–Kier alpha value is -2.20. The molecule has 2 rings (SSSR count). The van der Waals surface area contributed by atoms with Crippen molar-refractivity contribution in [1.29, 1.82) is 0 Å².